The maximum absolute atomic E-state index is 5.13. The predicted molar refractivity (Wildman–Crippen MR) is 59.6 cm³/mol. The Hall–Kier alpha value is -0.380. The van der Waals surface area contributed by atoms with Gasteiger partial charge in [0.1, 0.15) is 0 Å². The third-order valence-electron chi connectivity index (χ3n) is 2.58. The number of hydrogen-bond acceptors (Lipinski definition) is 3. The number of nitrogens with zero attached hydrogens (tertiary/aromatic N) is 1. The van der Waals surface area contributed by atoms with E-state index in [-0.39, 0.29) is 0 Å². The molecule has 0 saturated heterocycles. The van der Waals surface area contributed by atoms with Gasteiger partial charge in [-0.05, 0) is 24.3 Å². The lowest BCUT2D eigenvalue weighted by Crippen LogP contribution is -2.28. The highest BCUT2D eigenvalue weighted by Crippen LogP contribution is 2.28. The molecule has 0 aromatic carbocycles. The first-order valence-corrected chi connectivity index (χ1v) is 6.03. The van der Waals surface area contributed by atoms with Crippen molar-refractivity contribution >= 4 is 11.3 Å². The average Bonchev–Trinajstić information content (AvgIpc) is 2.92. The zero-order chi connectivity index (χ0) is 9.80. The van der Waals surface area contributed by atoms with E-state index in [9.17, 15) is 0 Å². The van der Waals surface area contributed by atoms with Crippen molar-refractivity contribution in [2.24, 2.45) is 0 Å². The minimum Gasteiger partial charge on any atom is -0.383 e. The van der Waals surface area contributed by atoms with Gasteiger partial charge in [-0.25, -0.2) is 0 Å². The van der Waals surface area contributed by atoms with Crippen LogP contribution in [0.5, 0.6) is 0 Å². The topological polar surface area (TPSA) is 12.5 Å². The van der Waals surface area contributed by atoms with Crippen LogP contribution >= 0.6 is 11.3 Å². The molecule has 0 aliphatic heterocycles. The molecule has 0 N–H and O–H groups in total. The lowest BCUT2D eigenvalue weighted by molar-refractivity contribution is 0.140. The number of hydrogen-bond donors (Lipinski definition) is 0. The van der Waals surface area contributed by atoms with Crippen molar-refractivity contribution in [3.63, 3.8) is 0 Å². The molecule has 1 aromatic heterocycles. The summed E-state index contributed by atoms with van der Waals surface area (Å²) in [5, 5.41) is 2.15. The molecule has 0 bridgehead atoms. The fourth-order valence-electron chi connectivity index (χ4n) is 1.64. The molecule has 0 atom stereocenters. The molecular weight excluding hydrogens is 194 g/mol. The molecule has 2 nitrogen and oxygen atoms in total. The van der Waals surface area contributed by atoms with Gasteiger partial charge in [0, 0.05) is 31.1 Å². The smallest absolute Gasteiger partial charge is 0.0589 e. The van der Waals surface area contributed by atoms with Gasteiger partial charge in [0.2, 0.25) is 0 Å². The van der Waals surface area contributed by atoms with Crippen LogP contribution in [0.1, 0.15) is 17.7 Å². The molecule has 2 rings (SSSR count). The van der Waals surface area contributed by atoms with Crippen LogP contribution in [0.3, 0.4) is 0 Å². The van der Waals surface area contributed by atoms with Gasteiger partial charge in [0.25, 0.3) is 0 Å². The van der Waals surface area contributed by atoms with Crippen LogP contribution in [0.15, 0.2) is 17.5 Å². The Morgan fingerprint density at radius 2 is 2.43 bits per heavy atom. The summed E-state index contributed by atoms with van der Waals surface area (Å²) in [7, 11) is 1.77. The van der Waals surface area contributed by atoms with Gasteiger partial charge in [-0.1, -0.05) is 6.07 Å². The molecule has 1 fully saturated rings. The molecule has 1 heterocycles. The lowest BCUT2D eigenvalue weighted by Gasteiger charge is -2.20. The maximum atomic E-state index is 5.13. The minimum absolute atomic E-state index is 0.826. The summed E-state index contributed by atoms with van der Waals surface area (Å²) in [6, 6.07) is 5.17. The van der Waals surface area contributed by atoms with Gasteiger partial charge in [0.05, 0.1) is 6.61 Å². The summed E-state index contributed by atoms with van der Waals surface area (Å²) in [4.78, 5) is 4.00. The van der Waals surface area contributed by atoms with E-state index in [0.717, 1.165) is 25.7 Å². The van der Waals surface area contributed by atoms with E-state index in [1.165, 1.54) is 17.7 Å². The van der Waals surface area contributed by atoms with Crippen molar-refractivity contribution in [3.05, 3.63) is 22.4 Å². The Bertz CT molecular complexity index is 256. The van der Waals surface area contributed by atoms with Crippen molar-refractivity contribution in [3.8, 4) is 0 Å². The Morgan fingerprint density at radius 3 is 3.00 bits per heavy atom. The first-order chi connectivity index (χ1) is 6.90. The van der Waals surface area contributed by atoms with E-state index >= 15 is 0 Å². The second-order valence-corrected chi connectivity index (χ2v) is 4.81. The number of thiophene rings is 1. The summed E-state index contributed by atoms with van der Waals surface area (Å²) in [6.07, 6.45) is 2.74. The zero-order valence-corrected chi connectivity index (χ0v) is 9.43. The highest BCUT2D eigenvalue weighted by molar-refractivity contribution is 7.09. The molecule has 0 amide bonds. The van der Waals surface area contributed by atoms with Gasteiger partial charge >= 0.3 is 0 Å². The van der Waals surface area contributed by atoms with Crippen molar-refractivity contribution in [2.75, 3.05) is 20.3 Å². The second-order valence-electron chi connectivity index (χ2n) is 3.77. The molecule has 0 unspecified atom stereocenters. The molecule has 14 heavy (non-hydrogen) atoms. The summed E-state index contributed by atoms with van der Waals surface area (Å²) >= 11 is 1.85. The fraction of sp³-hybridized carbons (Fsp3) is 0.636. The normalized spacial score (nSPS) is 16.4. The summed E-state index contributed by atoms with van der Waals surface area (Å²) in [5.74, 6) is 0. The van der Waals surface area contributed by atoms with Gasteiger partial charge in [-0.3, -0.25) is 4.90 Å². The summed E-state index contributed by atoms with van der Waals surface area (Å²) in [6.45, 7) is 3.02. The van der Waals surface area contributed by atoms with E-state index in [2.05, 4.69) is 22.4 Å². The van der Waals surface area contributed by atoms with Crippen LogP contribution < -0.4 is 0 Å². The van der Waals surface area contributed by atoms with Crippen LogP contribution in [-0.2, 0) is 11.3 Å². The Balaban J connectivity index is 1.84. The van der Waals surface area contributed by atoms with E-state index in [0.29, 0.717) is 0 Å². The standard InChI is InChI=1S/C11H17NOS/c1-13-7-6-12(10-4-5-10)9-11-3-2-8-14-11/h2-3,8,10H,4-7,9H2,1H3. The Morgan fingerprint density at radius 1 is 1.57 bits per heavy atom. The van der Waals surface area contributed by atoms with Gasteiger partial charge in [-0.15, -0.1) is 11.3 Å². The molecule has 1 aliphatic rings. The molecule has 3 heteroatoms. The minimum atomic E-state index is 0.826. The first kappa shape index (κ1) is 10.1. The quantitative estimate of drug-likeness (QED) is 0.716. The average molecular weight is 211 g/mol. The lowest BCUT2D eigenvalue weighted by atomic mass is 10.4. The third-order valence-corrected chi connectivity index (χ3v) is 3.45. The van der Waals surface area contributed by atoms with Crippen LogP contribution in [0.4, 0.5) is 0 Å². The van der Waals surface area contributed by atoms with Crippen molar-refractivity contribution in [2.45, 2.75) is 25.4 Å². The SMILES string of the molecule is COCCN(Cc1cccs1)C1CC1. The van der Waals surface area contributed by atoms with Crippen molar-refractivity contribution in [1.29, 1.82) is 0 Å². The molecule has 0 spiro atoms. The van der Waals surface area contributed by atoms with Gasteiger partial charge in [0.15, 0.2) is 0 Å². The maximum Gasteiger partial charge on any atom is 0.0589 e. The van der Waals surface area contributed by atoms with E-state index in [4.69, 9.17) is 4.74 Å². The van der Waals surface area contributed by atoms with E-state index in [1.807, 2.05) is 11.3 Å². The Kier molecular flexibility index (Phi) is 3.56. The molecule has 0 radical (unpaired) electrons. The third kappa shape index (κ3) is 2.80. The van der Waals surface area contributed by atoms with Crippen LogP contribution in [0, 0.1) is 0 Å². The van der Waals surface area contributed by atoms with Gasteiger partial charge in [-0.2, -0.15) is 0 Å². The van der Waals surface area contributed by atoms with Crippen molar-refractivity contribution < 1.29 is 4.74 Å². The number of methoxy groups -OCH3 is 1. The largest absolute Gasteiger partial charge is 0.383 e. The van der Waals surface area contributed by atoms with Gasteiger partial charge < -0.3 is 4.74 Å². The summed E-state index contributed by atoms with van der Waals surface area (Å²) < 4.78 is 5.13. The van der Waals surface area contributed by atoms with Crippen molar-refractivity contribution in [1.82, 2.24) is 4.90 Å². The zero-order valence-electron chi connectivity index (χ0n) is 8.61. The monoisotopic (exact) mass is 211 g/mol. The highest BCUT2D eigenvalue weighted by atomic mass is 32.1. The number of rotatable bonds is 6. The fourth-order valence-corrected chi connectivity index (χ4v) is 2.37. The van der Waals surface area contributed by atoms with Crippen LogP contribution in [0.2, 0.25) is 0 Å². The first-order valence-electron chi connectivity index (χ1n) is 5.15. The number of ether oxygens (including phenoxy) is 1. The highest BCUT2D eigenvalue weighted by Gasteiger charge is 2.28. The van der Waals surface area contributed by atoms with Crippen LogP contribution in [-0.4, -0.2) is 31.2 Å². The van der Waals surface area contributed by atoms with Crippen LogP contribution in [0.25, 0.3) is 0 Å². The molecule has 1 aliphatic carbocycles. The molecule has 78 valence electrons. The molecular formula is C11H17NOS. The second kappa shape index (κ2) is 4.91. The van der Waals surface area contributed by atoms with E-state index < -0.39 is 0 Å². The molecule has 1 aromatic rings. The molecule has 1 saturated carbocycles. The van der Waals surface area contributed by atoms with E-state index in [1.54, 1.807) is 7.11 Å². The summed E-state index contributed by atoms with van der Waals surface area (Å²) in [5.41, 5.74) is 0. The Labute approximate surface area is 89.5 Å². The predicted octanol–water partition coefficient (Wildman–Crippen LogP) is 2.36.